The molecule has 1 aromatic rings. The van der Waals surface area contributed by atoms with E-state index in [-0.39, 0.29) is 30.5 Å². The number of allylic oxidation sites excluding steroid dienone is 10. The molecule has 0 N–H and O–H groups in total. The van der Waals surface area contributed by atoms with Gasteiger partial charge in [-0.2, -0.15) is 0 Å². The summed E-state index contributed by atoms with van der Waals surface area (Å²) < 4.78 is 2.90. The standard InChI is InChI=1S/C37H49N2Si.CH3.2ClH.Ti/c1-24-38-34-28(25-21-26(36(2,3)4)23-27(22-25)37(5,6)7)19-14-20-33(34)39(24)40(8,9)35-31-17-12-10-15-29(31)30-16-11-13-18-32(30)35;;;;/h10-24,29-35H,1-9H3;1H3;2*1H;/q2*-1;;;+2/p-2/t24-,29?,30?,31?,32?,33+,34?,35?;;;;/m0..../s1. The Kier molecular flexibility index (Phi) is 11.2. The zero-order valence-corrected chi connectivity index (χ0v) is 32.4. The van der Waals surface area contributed by atoms with Crippen LogP contribution < -0.4 is 0 Å². The minimum absolute atomic E-state index is 0. The number of benzene rings is 1. The number of rotatable bonds is 3. The Balaban J connectivity index is 0.00000106. The Labute approximate surface area is 286 Å². The van der Waals surface area contributed by atoms with Crippen molar-refractivity contribution in [1.29, 1.82) is 0 Å². The number of fused-ring (bicyclic) bond motifs is 4. The predicted molar refractivity (Wildman–Crippen MR) is 193 cm³/mol. The molecule has 1 aromatic carbocycles. The van der Waals surface area contributed by atoms with Crippen LogP contribution in [0.25, 0.3) is 10.9 Å². The van der Waals surface area contributed by atoms with E-state index in [1.54, 1.807) is 0 Å². The van der Waals surface area contributed by atoms with Gasteiger partial charge in [-0.1, -0.05) is 164 Å². The van der Waals surface area contributed by atoms with Gasteiger partial charge in [0.05, 0.1) is 0 Å². The van der Waals surface area contributed by atoms with E-state index in [1.807, 2.05) is 0 Å². The summed E-state index contributed by atoms with van der Waals surface area (Å²) in [7, 11) is 7.83. The normalized spacial score (nSPS) is 32.2. The topological polar surface area (TPSA) is 17.3 Å². The molecule has 238 valence electrons. The van der Waals surface area contributed by atoms with Gasteiger partial charge in [-0.3, -0.25) is 0 Å². The Bertz CT molecular complexity index is 1310. The quantitative estimate of drug-likeness (QED) is 0.229. The monoisotopic (exact) mass is 682 g/mol. The Morgan fingerprint density at radius 3 is 1.64 bits per heavy atom. The third-order valence-electron chi connectivity index (χ3n) is 10.5. The first-order chi connectivity index (χ1) is 20.2. The molecule has 0 amide bonds. The molecule has 1 saturated carbocycles. The predicted octanol–water partition coefficient (Wildman–Crippen LogP) is 11.1. The fourth-order valence-electron chi connectivity index (χ4n) is 8.56. The van der Waals surface area contributed by atoms with Gasteiger partial charge in [0.25, 0.3) is 0 Å². The molecular formula is C38H52Cl2N2SiTi-2. The first-order valence-electron chi connectivity index (χ1n) is 15.9. The van der Waals surface area contributed by atoms with E-state index >= 15 is 0 Å². The third-order valence-corrected chi connectivity index (χ3v) is 14.9. The number of hydrogen-bond donors (Lipinski definition) is 0. The molecule has 1 heterocycles. The van der Waals surface area contributed by atoms with Gasteiger partial charge in [0.2, 0.25) is 0 Å². The summed E-state index contributed by atoms with van der Waals surface area (Å²) in [5, 5.41) is 5.56. The van der Waals surface area contributed by atoms with E-state index in [2.05, 4.69) is 151 Å². The summed E-state index contributed by atoms with van der Waals surface area (Å²) in [6, 6.07) is 7.85. The van der Waals surface area contributed by atoms with Crippen LogP contribution in [0.5, 0.6) is 0 Å². The summed E-state index contributed by atoms with van der Waals surface area (Å²) >= 11 is -0.556. The van der Waals surface area contributed by atoms with E-state index in [0.29, 0.717) is 35.3 Å². The molecule has 2 nitrogen and oxygen atoms in total. The van der Waals surface area contributed by atoms with Crippen LogP contribution in [0.3, 0.4) is 0 Å². The van der Waals surface area contributed by atoms with E-state index in [4.69, 9.17) is 23.9 Å². The van der Waals surface area contributed by atoms with Gasteiger partial charge >= 0.3 is 35.6 Å². The molecule has 6 rings (SSSR count). The van der Waals surface area contributed by atoms with E-state index in [9.17, 15) is 0 Å². The Hall–Kier alpha value is -0.909. The van der Waals surface area contributed by atoms with Crippen molar-refractivity contribution in [2.24, 2.45) is 23.7 Å². The molecule has 5 aliphatic rings. The van der Waals surface area contributed by atoms with Gasteiger partial charge in [0, 0.05) is 6.04 Å². The summed E-state index contributed by atoms with van der Waals surface area (Å²) in [4.78, 5) is 0. The number of halogens is 2. The average Bonchev–Trinajstić information content (AvgIpc) is 3.47. The van der Waals surface area contributed by atoms with E-state index in [0.717, 1.165) is 0 Å². The van der Waals surface area contributed by atoms with Gasteiger partial charge < -0.3 is 17.3 Å². The Morgan fingerprint density at radius 2 is 1.18 bits per heavy atom. The van der Waals surface area contributed by atoms with Crippen molar-refractivity contribution in [1.82, 2.24) is 4.57 Å². The summed E-state index contributed by atoms with van der Waals surface area (Å²) in [5.41, 5.74) is 6.44. The molecule has 1 saturated heterocycles. The van der Waals surface area contributed by atoms with Gasteiger partial charge in [-0.05, 0) is 56.7 Å². The molecular weight excluding hydrogens is 631 g/mol. The van der Waals surface area contributed by atoms with Crippen LogP contribution in [-0.4, -0.2) is 31.1 Å². The maximum atomic E-state index is 5.56. The van der Waals surface area contributed by atoms with Crippen molar-refractivity contribution in [3.8, 4) is 0 Å². The second kappa shape index (κ2) is 13.7. The molecule has 5 unspecified atom stereocenters. The van der Waals surface area contributed by atoms with Crippen molar-refractivity contribution in [2.75, 3.05) is 0 Å². The molecule has 44 heavy (non-hydrogen) atoms. The summed E-state index contributed by atoms with van der Waals surface area (Å²) in [6.07, 6.45) is 26.6. The molecule has 7 atom stereocenters. The molecule has 4 aliphatic carbocycles. The van der Waals surface area contributed by atoms with Gasteiger partial charge in [-0.25, -0.2) is 0 Å². The molecule has 2 fully saturated rings. The summed E-state index contributed by atoms with van der Waals surface area (Å²) in [6.45, 7) is 21.7. The van der Waals surface area contributed by atoms with Crippen molar-refractivity contribution in [2.45, 2.75) is 96.2 Å². The fraction of sp³-hybridized carbons (Fsp3) is 0.500. The molecule has 6 heteroatoms. The molecule has 0 spiro atoms. The van der Waals surface area contributed by atoms with Crippen LogP contribution in [0.15, 0.2) is 85.0 Å². The second-order valence-corrected chi connectivity index (χ2v) is 22.6. The van der Waals surface area contributed by atoms with E-state index in [1.165, 1.54) is 22.3 Å². The Morgan fingerprint density at radius 1 is 0.727 bits per heavy atom. The van der Waals surface area contributed by atoms with Crippen molar-refractivity contribution in [3.05, 3.63) is 114 Å². The molecule has 1 aliphatic heterocycles. The number of hydrogen-bond acceptors (Lipinski definition) is 1. The van der Waals surface area contributed by atoms with Crippen molar-refractivity contribution < 1.29 is 17.0 Å². The average molecular weight is 684 g/mol. The SMILES string of the molecule is C[C@H]1[N-]C2C(c3cc(C(C)(C)C)cc(C(C)(C)C)c3)=CC=C[C@H]2N1[Si](C)(C)C1C2C=CC=CC2C2C=CC=CC21.[CH3-].[Cl][Ti][Cl]. The van der Waals surface area contributed by atoms with Crippen molar-refractivity contribution in [3.63, 3.8) is 0 Å². The zero-order valence-electron chi connectivity index (χ0n) is 28.4. The molecule has 0 radical (unpaired) electrons. The van der Waals surface area contributed by atoms with Gasteiger partial charge in [0.15, 0.2) is 0 Å². The second-order valence-electron chi connectivity index (χ2n) is 15.5. The first-order valence-corrected chi connectivity index (χ1v) is 23.2. The number of nitrogens with zero attached hydrogens (tertiary/aromatic N) is 2. The molecule has 0 bridgehead atoms. The van der Waals surface area contributed by atoms with Gasteiger partial charge in [-0.15, -0.1) is 0 Å². The zero-order chi connectivity index (χ0) is 31.3. The van der Waals surface area contributed by atoms with Crippen LogP contribution in [-0.2, 0) is 27.9 Å². The fourth-order valence-corrected chi connectivity index (χ4v) is 13.5. The van der Waals surface area contributed by atoms with E-state index < -0.39 is 25.3 Å². The minimum atomic E-state index is -1.95. The first kappa shape index (κ1) is 35.9. The summed E-state index contributed by atoms with van der Waals surface area (Å²) in [5.74, 6) is 2.46. The maximum absolute atomic E-state index is 5.56. The van der Waals surface area contributed by atoms with Crippen LogP contribution in [0.2, 0.25) is 18.6 Å². The van der Waals surface area contributed by atoms with Crippen LogP contribution in [0.4, 0.5) is 0 Å². The van der Waals surface area contributed by atoms with Crippen LogP contribution >= 0.6 is 18.6 Å². The van der Waals surface area contributed by atoms with Crippen molar-refractivity contribution >= 4 is 32.4 Å². The van der Waals surface area contributed by atoms with Crippen LogP contribution in [0.1, 0.15) is 65.2 Å². The third kappa shape index (κ3) is 6.73. The van der Waals surface area contributed by atoms with Gasteiger partial charge in [0.1, 0.15) is 8.24 Å². The molecule has 0 aromatic heterocycles. The van der Waals surface area contributed by atoms with Crippen LogP contribution in [0, 0.1) is 31.1 Å².